The summed E-state index contributed by atoms with van der Waals surface area (Å²) in [6.45, 7) is 5.90. The van der Waals surface area contributed by atoms with E-state index in [9.17, 15) is 30.7 Å². The van der Waals surface area contributed by atoms with Crippen LogP contribution in [0.5, 0.6) is 11.5 Å². The van der Waals surface area contributed by atoms with Gasteiger partial charge in [-0.15, -0.1) is 0 Å². The standard InChI is InChI=1S/C24H19F7O2/c1-4-5-32-23-12(2)6-14(7-13(23)3)15-8-17(25)21(18(26)9-15)24(30,31)33-16-10-19(27)22(29)20(28)11-16/h6-11H,4-5H2,1-3H3. The van der Waals surface area contributed by atoms with Gasteiger partial charge in [0.1, 0.15) is 28.7 Å². The van der Waals surface area contributed by atoms with Crippen molar-refractivity contribution in [1.29, 1.82) is 0 Å². The van der Waals surface area contributed by atoms with E-state index in [1.165, 1.54) is 0 Å². The molecule has 0 aliphatic carbocycles. The van der Waals surface area contributed by atoms with Crippen molar-refractivity contribution in [2.75, 3.05) is 6.61 Å². The third-order valence-corrected chi connectivity index (χ3v) is 4.78. The Labute approximate surface area is 185 Å². The molecule has 0 N–H and O–H groups in total. The quantitative estimate of drug-likeness (QED) is 0.261. The first-order valence-electron chi connectivity index (χ1n) is 9.90. The van der Waals surface area contributed by atoms with Crippen LogP contribution in [0.4, 0.5) is 30.7 Å². The van der Waals surface area contributed by atoms with Crippen molar-refractivity contribution in [2.24, 2.45) is 0 Å². The smallest absolute Gasteiger partial charge is 0.432 e. The van der Waals surface area contributed by atoms with E-state index in [4.69, 9.17) is 4.74 Å². The zero-order chi connectivity index (χ0) is 24.5. The summed E-state index contributed by atoms with van der Waals surface area (Å²) < 4.78 is 108. The highest BCUT2D eigenvalue weighted by Gasteiger charge is 2.41. The minimum atomic E-state index is -4.65. The molecule has 0 heterocycles. The molecule has 0 spiro atoms. The molecule has 0 saturated heterocycles. The molecule has 0 fully saturated rings. The third kappa shape index (κ3) is 5.07. The molecule has 0 unspecified atom stereocenters. The molecule has 3 aromatic rings. The van der Waals surface area contributed by atoms with Crippen LogP contribution in [-0.4, -0.2) is 6.61 Å². The molecular formula is C24H19F7O2. The Morgan fingerprint density at radius 3 is 1.70 bits per heavy atom. The van der Waals surface area contributed by atoms with Gasteiger partial charge in [0.25, 0.3) is 0 Å². The maximum Gasteiger partial charge on any atom is 0.432 e. The van der Waals surface area contributed by atoms with Crippen LogP contribution < -0.4 is 9.47 Å². The molecule has 0 amide bonds. The fourth-order valence-corrected chi connectivity index (χ4v) is 3.36. The lowest BCUT2D eigenvalue weighted by molar-refractivity contribution is -0.189. The number of rotatable bonds is 7. The SMILES string of the molecule is CCCOc1c(C)cc(-c2cc(F)c(C(F)(F)Oc3cc(F)c(F)c(F)c3)c(F)c2)cc1C. The van der Waals surface area contributed by atoms with E-state index in [2.05, 4.69) is 4.74 Å². The van der Waals surface area contributed by atoms with E-state index in [1.807, 2.05) is 6.92 Å². The number of hydrogen-bond acceptors (Lipinski definition) is 2. The molecule has 176 valence electrons. The highest BCUT2D eigenvalue weighted by atomic mass is 19.3. The fraction of sp³-hybridized carbons (Fsp3) is 0.250. The van der Waals surface area contributed by atoms with Crippen LogP contribution in [0.2, 0.25) is 0 Å². The molecule has 0 bridgehead atoms. The summed E-state index contributed by atoms with van der Waals surface area (Å²) in [7, 11) is 0. The fourth-order valence-electron chi connectivity index (χ4n) is 3.36. The van der Waals surface area contributed by atoms with Gasteiger partial charge in [-0.2, -0.15) is 8.78 Å². The highest BCUT2D eigenvalue weighted by Crippen LogP contribution is 2.38. The van der Waals surface area contributed by atoms with Crippen molar-refractivity contribution < 1.29 is 40.2 Å². The number of halogens is 7. The van der Waals surface area contributed by atoms with Crippen molar-refractivity contribution in [1.82, 2.24) is 0 Å². The Kier molecular flexibility index (Phi) is 6.90. The number of alkyl halides is 2. The molecule has 33 heavy (non-hydrogen) atoms. The zero-order valence-corrected chi connectivity index (χ0v) is 17.8. The van der Waals surface area contributed by atoms with Gasteiger partial charge in [0.05, 0.1) is 6.61 Å². The Balaban J connectivity index is 1.98. The van der Waals surface area contributed by atoms with Gasteiger partial charge in [0.15, 0.2) is 17.5 Å². The maximum absolute atomic E-state index is 14.6. The first kappa shape index (κ1) is 24.4. The largest absolute Gasteiger partial charge is 0.493 e. The number of benzene rings is 3. The van der Waals surface area contributed by atoms with E-state index >= 15 is 0 Å². The molecule has 3 rings (SSSR count). The number of ether oxygens (including phenoxy) is 2. The minimum Gasteiger partial charge on any atom is -0.493 e. The van der Waals surface area contributed by atoms with Gasteiger partial charge in [-0.05, 0) is 66.8 Å². The van der Waals surface area contributed by atoms with Crippen LogP contribution in [0.15, 0.2) is 36.4 Å². The molecule has 0 saturated carbocycles. The van der Waals surface area contributed by atoms with Crippen LogP contribution in [0.1, 0.15) is 30.0 Å². The second-order valence-electron chi connectivity index (χ2n) is 7.42. The van der Waals surface area contributed by atoms with Gasteiger partial charge in [0.2, 0.25) is 0 Å². The lowest BCUT2D eigenvalue weighted by Crippen LogP contribution is -2.25. The molecule has 3 aromatic carbocycles. The summed E-state index contributed by atoms with van der Waals surface area (Å²) in [6, 6.07) is 4.88. The van der Waals surface area contributed by atoms with Gasteiger partial charge >= 0.3 is 6.11 Å². The average molecular weight is 472 g/mol. The normalized spacial score (nSPS) is 11.6. The Morgan fingerprint density at radius 1 is 0.727 bits per heavy atom. The van der Waals surface area contributed by atoms with Gasteiger partial charge in [0, 0.05) is 12.1 Å². The van der Waals surface area contributed by atoms with Crippen LogP contribution in [0.3, 0.4) is 0 Å². The topological polar surface area (TPSA) is 18.5 Å². The van der Waals surface area contributed by atoms with Crippen molar-refractivity contribution in [3.8, 4) is 22.6 Å². The van der Waals surface area contributed by atoms with Gasteiger partial charge in [-0.1, -0.05) is 6.92 Å². The summed E-state index contributed by atoms with van der Waals surface area (Å²) in [5.74, 6) is -9.29. The van der Waals surface area contributed by atoms with Crippen LogP contribution in [0, 0.1) is 42.9 Å². The summed E-state index contributed by atoms with van der Waals surface area (Å²) in [5, 5.41) is 0. The Morgan fingerprint density at radius 2 is 1.21 bits per heavy atom. The number of hydrogen-bond donors (Lipinski definition) is 0. The van der Waals surface area contributed by atoms with Crippen LogP contribution in [-0.2, 0) is 6.11 Å². The third-order valence-electron chi connectivity index (χ3n) is 4.78. The molecule has 0 aliphatic heterocycles. The highest BCUT2D eigenvalue weighted by molar-refractivity contribution is 5.68. The van der Waals surface area contributed by atoms with Crippen LogP contribution in [0.25, 0.3) is 11.1 Å². The maximum atomic E-state index is 14.6. The van der Waals surface area contributed by atoms with Crippen molar-refractivity contribution >= 4 is 0 Å². The summed E-state index contributed by atoms with van der Waals surface area (Å²) >= 11 is 0. The van der Waals surface area contributed by atoms with E-state index < -0.39 is 46.5 Å². The predicted octanol–water partition coefficient (Wildman–Crippen LogP) is 7.58. The van der Waals surface area contributed by atoms with E-state index in [-0.39, 0.29) is 17.7 Å². The van der Waals surface area contributed by atoms with E-state index in [0.29, 0.717) is 41.2 Å². The lowest BCUT2D eigenvalue weighted by atomic mass is 9.98. The van der Waals surface area contributed by atoms with E-state index in [0.717, 1.165) is 6.42 Å². The second-order valence-corrected chi connectivity index (χ2v) is 7.42. The lowest BCUT2D eigenvalue weighted by Gasteiger charge is -2.20. The van der Waals surface area contributed by atoms with E-state index in [1.54, 1.807) is 26.0 Å². The number of aryl methyl sites for hydroxylation is 2. The zero-order valence-electron chi connectivity index (χ0n) is 17.8. The van der Waals surface area contributed by atoms with Gasteiger partial charge < -0.3 is 9.47 Å². The molecule has 2 nitrogen and oxygen atoms in total. The molecule has 0 radical (unpaired) electrons. The average Bonchev–Trinajstić information content (AvgIpc) is 2.70. The minimum absolute atomic E-state index is 0.0170. The first-order valence-corrected chi connectivity index (χ1v) is 9.90. The monoisotopic (exact) mass is 472 g/mol. The van der Waals surface area contributed by atoms with Gasteiger partial charge in [-0.3, -0.25) is 0 Å². The van der Waals surface area contributed by atoms with Crippen molar-refractivity contribution in [3.05, 3.63) is 82.2 Å². The Hall–Kier alpha value is -3.23. The Bertz CT molecular complexity index is 1120. The second kappa shape index (κ2) is 9.33. The first-order chi connectivity index (χ1) is 15.4. The van der Waals surface area contributed by atoms with Crippen molar-refractivity contribution in [2.45, 2.75) is 33.3 Å². The summed E-state index contributed by atoms with van der Waals surface area (Å²) in [6.07, 6.45) is -3.86. The molecule has 0 aromatic heterocycles. The summed E-state index contributed by atoms with van der Waals surface area (Å²) in [4.78, 5) is 0. The van der Waals surface area contributed by atoms with Crippen LogP contribution >= 0.6 is 0 Å². The molecule has 0 aliphatic rings. The molecular weight excluding hydrogens is 453 g/mol. The van der Waals surface area contributed by atoms with Gasteiger partial charge in [-0.25, -0.2) is 22.0 Å². The summed E-state index contributed by atoms with van der Waals surface area (Å²) in [5.41, 5.74) is -0.0238. The van der Waals surface area contributed by atoms with Crippen molar-refractivity contribution in [3.63, 3.8) is 0 Å². The molecule has 9 heteroatoms. The predicted molar refractivity (Wildman–Crippen MR) is 108 cm³/mol. The molecule has 0 atom stereocenters.